The lowest BCUT2D eigenvalue weighted by molar-refractivity contribution is 1.00. The van der Waals surface area contributed by atoms with Crippen molar-refractivity contribution in [2.45, 2.75) is 6.42 Å². The van der Waals surface area contributed by atoms with Gasteiger partial charge in [0.15, 0.2) is 0 Å². The van der Waals surface area contributed by atoms with E-state index in [0.717, 1.165) is 18.7 Å². The van der Waals surface area contributed by atoms with Crippen LogP contribution in [0.3, 0.4) is 0 Å². The highest BCUT2D eigenvalue weighted by Gasteiger charge is 1.92. The average molecular weight is 199 g/mol. The number of anilines is 1. The first-order valence-corrected chi connectivity index (χ1v) is 4.98. The molecule has 0 saturated carbocycles. The van der Waals surface area contributed by atoms with Gasteiger partial charge < -0.3 is 5.32 Å². The molecule has 76 valence electrons. The van der Waals surface area contributed by atoms with E-state index in [1.54, 1.807) is 18.6 Å². The van der Waals surface area contributed by atoms with E-state index in [-0.39, 0.29) is 0 Å². The molecular weight excluding hydrogens is 186 g/mol. The first-order valence-electron chi connectivity index (χ1n) is 4.98. The molecule has 0 spiro atoms. The normalized spacial score (nSPS) is 9.87. The van der Waals surface area contributed by atoms with Crippen LogP contribution in [0.5, 0.6) is 0 Å². The van der Waals surface area contributed by atoms with Gasteiger partial charge in [-0.05, 0) is 30.2 Å². The molecule has 0 amide bonds. The van der Waals surface area contributed by atoms with Crippen LogP contribution < -0.4 is 5.32 Å². The van der Waals surface area contributed by atoms with E-state index < -0.39 is 0 Å². The highest BCUT2D eigenvalue weighted by molar-refractivity contribution is 5.40. The van der Waals surface area contributed by atoms with Crippen LogP contribution in [-0.4, -0.2) is 16.5 Å². The van der Waals surface area contributed by atoms with Gasteiger partial charge in [-0.1, -0.05) is 6.07 Å². The molecule has 3 nitrogen and oxygen atoms in total. The predicted molar refractivity (Wildman–Crippen MR) is 60.7 cm³/mol. The van der Waals surface area contributed by atoms with Crippen LogP contribution in [0.25, 0.3) is 0 Å². The molecule has 0 bridgehead atoms. The van der Waals surface area contributed by atoms with E-state index in [2.05, 4.69) is 21.4 Å². The van der Waals surface area contributed by atoms with Crippen molar-refractivity contribution in [2.24, 2.45) is 0 Å². The SMILES string of the molecule is c1cncc(CCNc2ccncc2)c1. The molecule has 0 saturated heterocycles. The van der Waals surface area contributed by atoms with Gasteiger partial charge in [0.05, 0.1) is 0 Å². The Hall–Kier alpha value is -1.90. The Morgan fingerprint density at radius 3 is 2.60 bits per heavy atom. The Morgan fingerprint density at radius 1 is 1.00 bits per heavy atom. The molecule has 0 unspecified atom stereocenters. The number of hydrogen-bond donors (Lipinski definition) is 1. The van der Waals surface area contributed by atoms with E-state index in [1.165, 1.54) is 5.56 Å². The summed E-state index contributed by atoms with van der Waals surface area (Å²) in [6, 6.07) is 7.97. The van der Waals surface area contributed by atoms with Crippen molar-refractivity contribution in [1.29, 1.82) is 0 Å². The molecule has 0 aromatic carbocycles. The molecule has 0 aliphatic carbocycles. The van der Waals surface area contributed by atoms with Gasteiger partial charge in [0.25, 0.3) is 0 Å². The third-order valence-corrected chi connectivity index (χ3v) is 2.15. The lowest BCUT2D eigenvalue weighted by atomic mass is 10.2. The Bertz CT molecular complexity index is 347. The number of rotatable bonds is 4. The molecule has 3 heteroatoms. The fourth-order valence-corrected chi connectivity index (χ4v) is 1.37. The minimum absolute atomic E-state index is 0.912. The molecule has 0 aliphatic rings. The molecule has 0 aliphatic heterocycles. The molecule has 2 aromatic heterocycles. The zero-order chi connectivity index (χ0) is 10.3. The maximum atomic E-state index is 4.07. The summed E-state index contributed by atoms with van der Waals surface area (Å²) in [6.07, 6.45) is 8.24. The zero-order valence-electron chi connectivity index (χ0n) is 8.43. The van der Waals surface area contributed by atoms with Gasteiger partial charge in [-0.25, -0.2) is 0 Å². The monoisotopic (exact) mass is 199 g/mol. The Kier molecular flexibility index (Phi) is 3.28. The summed E-state index contributed by atoms with van der Waals surface area (Å²) >= 11 is 0. The summed E-state index contributed by atoms with van der Waals surface area (Å²) in [4.78, 5) is 8.03. The molecule has 2 rings (SSSR count). The topological polar surface area (TPSA) is 37.8 Å². The van der Waals surface area contributed by atoms with Crippen LogP contribution in [-0.2, 0) is 6.42 Å². The van der Waals surface area contributed by atoms with Gasteiger partial charge in [0, 0.05) is 37.0 Å². The standard InChI is InChI=1S/C12H13N3/c1-2-11(10-14-6-1)3-9-15-12-4-7-13-8-5-12/h1-2,4-8,10H,3,9H2,(H,13,15). The quantitative estimate of drug-likeness (QED) is 0.819. The zero-order valence-corrected chi connectivity index (χ0v) is 8.43. The number of pyridine rings is 2. The van der Waals surface area contributed by atoms with Crippen LogP contribution in [0.15, 0.2) is 49.1 Å². The van der Waals surface area contributed by atoms with Crippen molar-refractivity contribution in [2.75, 3.05) is 11.9 Å². The smallest absolute Gasteiger partial charge is 0.0371 e. The van der Waals surface area contributed by atoms with Gasteiger partial charge in [-0.15, -0.1) is 0 Å². The van der Waals surface area contributed by atoms with Crippen molar-refractivity contribution >= 4 is 5.69 Å². The summed E-state index contributed by atoms with van der Waals surface area (Å²) in [5, 5.41) is 3.33. The van der Waals surface area contributed by atoms with Crippen molar-refractivity contribution in [3.63, 3.8) is 0 Å². The maximum Gasteiger partial charge on any atom is 0.0371 e. The third-order valence-electron chi connectivity index (χ3n) is 2.15. The molecular formula is C12H13N3. The minimum Gasteiger partial charge on any atom is -0.385 e. The Balaban J connectivity index is 1.81. The van der Waals surface area contributed by atoms with Crippen molar-refractivity contribution in [1.82, 2.24) is 9.97 Å². The second kappa shape index (κ2) is 5.10. The number of nitrogens with zero attached hydrogens (tertiary/aromatic N) is 2. The molecule has 15 heavy (non-hydrogen) atoms. The number of aromatic nitrogens is 2. The highest BCUT2D eigenvalue weighted by atomic mass is 14.9. The largest absolute Gasteiger partial charge is 0.385 e. The van der Waals surface area contributed by atoms with Crippen LogP contribution in [0.2, 0.25) is 0 Å². The lowest BCUT2D eigenvalue weighted by Crippen LogP contribution is -2.04. The van der Waals surface area contributed by atoms with Gasteiger partial charge in [0.2, 0.25) is 0 Å². The molecule has 0 atom stereocenters. The summed E-state index contributed by atoms with van der Waals surface area (Å²) in [7, 11) is 0. The second-order valence-corrected chi connectivity index (χ2v) is 3.27. The minimum atomic E-state index is 0.912. The van der Waals surface area contributed by atoms with Crippen LogP contribution in [0.1, 0.15) is 5.56 Å². The van der Waals surface area contributed by atoms with Gasteiger partial charge in [-0.3, -0.25) is 9.97 Å². The fraction of sp³-hybridized carbons (Fsp3) is 0.167. The van der Waals surface area contributed by atoms with E-state index in [9.17, 15) is 0 Å². The van der Waals surface area contributed by atoms with E-state index in [1.807, 2.05) is 24.4 Å². The first kappa shape index (κ1) is 9.65. The lowest BCUT2D eigenvalue weighted by Gasteiger charge is -2.05. The van der Waals surface area contributed by atoms with Gasteiger partial charge in [-0.2, -0.15) is 0 Å². The fourth-order valence-electron chi connectivity index (χ4n) is 1.37. The van der Waals surface area contributed by atoms with Gasteiger partial charge in [0.1, 0.15) is 0 Å². The Labute approximate surface area is 89.2 Å². The number of nitrogens with one attached hydrogen (secondary N) is 1. The van der Waals surface area contributed by atoms with Crippen LogP contribution in [0, 0.1) is 0 Å². The van der Waals surface area contributed by atoms with E-state index in [0.29, 0.717) is 0 Å². The summed E-state index contributed by atoms with van der Waals surface area (Å²) in [5.41, 5.74) is 2.35. The number of hydrogen-bond acceptors (Lipinski definition) is 3. The summed E-state index contributed by atoms with van der Waals surface area (Å²) < 4.78 is 0. The molecule has 2 heterocycles. The summed E-state index contributed by atoms with van der Waals surface area (Å²) in [5.74, 6) is 0. The second-order valence-electron chi connectivity index (χ2n) is 3.27. The first-order chi connectivity index (χ1) is 7.45. The van der Waals surface area contributed by atoms with Crippen molar-refractivity contribution in [3.8, 4) is 0 Å². The molecule has 0 radical (unpaired) electrons. The molecule has 1 N–H and O–H groups in total. The third kappa shape index (κ3) is 3.06. The van der Waals surface area contributed by atoms with E-state index >= 15 is 0 Å². The summed E-state index contributed by atoms with van der Waals surface area (Å²) in [6.45, 7) is 0.912. The Morgan fingerprint density at radius 2 is 1.87 bits per heavy atom. The van der Waals surface area contributed by atoms with Crippen LogP contribution in [0.4, 0.5) is 5.69 Å². The maximum absolute atomic E-state index is 4.07. The highest BCUT2D eigenvalue weighted by Crippen LogP contribution is 2.03. The average Bonchev–Trinajstić information content (AvgIpc) is 2.32. The van der Waals surface area contributed by atoms with Crippen LogP contribution >= 0.6 is 0 Å². The van der Waals surface area contributed by atoms with Gasteiger partial charge >= 0.3 is 0 Å². The van der Waals surface area contributed by atoms with E-state index in [4.69, 9.17) is 0 Å². The molecule has 2 aromatic rings. The van der Waals surface area contributed by atoms with Crippen molar-refractivity contribution < 1.29 is 0 Å². The predicted octanol–water partition coefficient (Wildman–Crippen LogP) is 2.13. The van der Waals surface area contributed by atoms with Crippen molar-refractivity contribution in [3.05, 3.63) is 54.6 Å². The molecule has 0 fully saturated rings.